The highest BCUT2D eigenvalue weighted by Crippen LogP contribution is 2.33. The van der Waals surface area contributed by atoms with Crippen LogP contribution in [0, 0.1) is 5.82 Å². The van der Waals surface area contributed by atoms with E-state index >= 15 is 0 Å². The molecule has 1 aromatic carbocycles. The lowest BCUT2D eigenvalue weighted by Crippen LogP contribution is -2.47. The van der Waals surface area contributed by atoms with Gasteiger partial charge < -0.3 is 14.6 Å². The lowest BCUT2D eigenvalue weighted by atomic mass is 9.84. The molecule has 1 aliphatic heterocycles. The predicted molar refractivity (Wildman–Crippen MR) is 97.1 cm³/mol. The Morgan fingerprint density at radius 3 is 2.38 bits per heavy atom. The van der Waals surface area contributed by atoms with Gasteiger partial charge in [-0.3, -0.25) is 4.79 Å². The highest BCUT2D eigenvalue weighted by atomic mass is 19.1. The molecule has 6 heteroatoms. The normalized spacial score (nSPS) is 18.2. The van der Waals surface area contributed by atoms with Crippen LogP contribution in [0.4, 0.5) is 4.39 Å². The topological polar surface area (TPSA) is 58.4 Å². The third-order valence-corrected chi connectivity index (χ3v) is 5.27. The van der Waals surface area contributed by atoms with Gasteiger partial charge in [0.2, 0.25) is 5.91 Å². The number of halogens is 1. The van der Waals surface area contributed by atoms with Crippen molar-refractivity contribution in [3.63, 3.8) is 0 Å². The highest BCUT2D eigenvalue weighted by Gasteiger charge is 2.36. The Hall–Kier alpha value is -2.21. The minimum absolute atomic E-state index is 0.0334. The van der Waals surface area contributed by atoms with Crippen LogP contribution in [0.2, 0.25) is 0 Å². The minimum atomic E-state index is -1.01. The molecule has 1 atom stereocenters. The number of carbonyl (C=O) groups excluding carboxylic acids is 1. The Bertz CT molecular complexity index is 762. The van der Waals surface area contributed by atoms with Crippen molar-refractivity contribution < 1.29 is 14.3 Å². The molecule has 1 aliphatic rings. The van der Waals surface area contributed by atoms with E-state index in [0.717, 1.165) is 5.82 Å². The van der Waals surface area contributed by atoms with E-state index in [9.17, 15) is 14.3 Å². The maximum Gasteiger partial charge on any atom is 0.245 e. The number of amides is 1. The smallest absolute Gasteiger partial charge is 0.245 e. The van der Waals surface area contributed by atoms with Crippen molar-refractivity contribution in [1.82, 2.24) is 14.5 Å². The summed E-state index contributed by atoms with van der Waals surface area (Å²) in [4.78, 5) is 19.1. The number of hydrogen-bond donors (Lipinski definition) is 1. The molecule has 2 heterocycles. The molecule has 0 aliphatic carbocycles. The average molecular weight is 359 g/mol. The molecule has 0 radical (unpaired) electrons. The van der Waals surface area contributed by atoms with Gasteiger partial charge >= 0.3 is 0 Å². The van der Waals surface area contributed by atoms with Gasteiger partial charge in [0.15, 0.2) is 0 Å². The zero-order valence-electron chi connectivity index (χ0n) is 15.5. The second kappa shape index (κ2) is 7.19. The van der Waals surface area contributed by atoms with Crippen LogP contribution in [0.15, 0.2) is 36.7 Å². The van der Waals surface area contributed by atoms with Crippen molar-refractivity contribution in [2.24, 2.45) is 0 Å². The first-order valence-electron chi connectivity index (χ1n) is 9.12. The molecular weight excluding hydrogens is 333 g/mol. The predicted octanol–water partition coefficient (Wildman–Crippen LogP) is 3.22. The Balaban J connectivity index is 1.68. The lowest BCUT2D eigenvalue weighted by molar-refractivity contribution is -0.139. The standard InChI is InChI=1S/C20H26FN3O2/c1-14(2)18-22-10-13-24(18)15(3)19(25)23-11-8-20(26,9-12-23)16-4-6-17(21)7-5-16/h4-7,10,13-15,26H,8-9,11-12H2,1-3H3/t15-/m1/s1. The molecule has 0 bridgehead atoms. The van der Waals surface area contributed by atoms with E-state index in [4.69, 9.17) is 0 Å². The maximum atomic E-state index is 13.1. The molecule has 26 heavy (non-hydrogen) atoms. The number of imidazole rings is 1. The number of aliphatic hydroxyl groups is 1. The van der Waals surface area contributed by atoms with Crippen molar-refractivity contribution in [3.8, 4) is 0 Å². The largest absolute Gasteiger partial charge is 0.385 e. The van der Waals surface area contributed by atoms with Crippen LogP contribution >= 0.6 is 0 Å². The fourth-order valence-corrected chi connectivity index (χ4v) is 3.63. The molecule has 0 spiro atoms. The number of rotatable bonds is 4. The van der Waals surface area contributed by atoms with Crippen molar-refractivity contribution in [2.75, 3.05) is 13.1 Å². The van der Waals surface area contributed by atoms with E-state index in [-0.39, 0.29) is 23.7 Å². The number of carbonyl (C=O) groups is 1. The molecule has 1 fully saturated rings. The lowest BCUT2D eigenvalue weighted by Gasteiger charge is -2.39. The van der Waals surface area contributed by atoms with Gasteiger partial charge in [-0.2, -0.15) is 0 Å². The maximum absolute atomic E-state index is 13.1. The Morgan fingerprint density at radius 2 is 1.81 bits per heavy atom. The molecule has 5 nitrogen and oxygen atoms in total. The van der Waals surface area contributed by atoms with Crippen molar-refractivity contribution in [2.45, 2.75) is 51.2 Å². The Morgan fingerprint density at radius 1 is 1.19 bits per heavy atom. The molecule has 1 N–H and O–H groups in total. The summed E-state index contributed by atoms with van der Waals surface area (Å²) < 4.78 is 15.0. The molecule has 1 saturated heterocycles. The fraction of sp³-hybridized carbons (Fsp3) is 0.500. The number of piperidine rings is 1. The van der Waals surface area contributed by atoms with E-state index in [1.54, 1.807) is 23.2 Å². The van der Waals surface area contributed by atoms with E-state index in [1.165, 1.54) is 12.1 Å². The van der Waals surface area contributed by atoms with Crippen molar-refractivity contribution >= 4 is 5.91 Å². The number of hydrogen-bond acceptors (Lipinski definition) is 3. The zero-order chi connectivity index (χ0) is 18.9. The average Bonchev–Trinajstić information content (AvgIpc) is 3.11. The van der Waals surface area contributed by atoms with Crippen LogP contribution in [-0.2, 0) is 10.4 Å². The van der Waals surface area contributed by atoms with E-state index < -0.39 is 5.60 Å². The second-order valence-electron chi connectivity index (χ2n) is 7.39. The molecule has 1 amide bonds. The van der Waals surface area contributed by atoms with Crippen LogP contribution in [0.3, 0.4) is 0 Å². The summed E-state index contributed by atoms with van der Waals surface area (Å²) in [6.45, 7) is 6.95. The van der Waals surface area contributed by atoms with E-state index in [1.807, 2.05) is 17.7 Å². The van der Waals surface area contributed by atoms with Gasteiger partial charge in [-0.25, -0.2) is 9.37 Å². The number of aromatic nitrogens is 2. The van der Waals surface area contributed by atoms with E-state index in [2.05, 4.69) is 18.8 Å². The van der Waals surface area contributed by atoms with Crippen molar-refractivity contribution in [3.05, 3.63) is 53.9 Å². The van der Waals surface area contributed by atoms with Gasteiger partial charge in [0.1, 0.15) is 17.7 Å². The van der Waals surface area contributed by atoms with Gasteiger partial charge in [0.25, 0.3) is 0 Å². The highest BCUT2D eigenvalue weighted by molar-refractivity contribution is 5.80. The van der Waals surface area contributed by atoms with Gasteiger partial charge in [-0.05, 0) is 37.5 Å². The summed E-state index contributed by atoms with van der Waals surface area (Å²) in [5.41, 5.74) is -0.304. The third-order valence-electron chi connectivity index (χ3n) is 5.27. The monoisotopic (exact) mass is 359 g/mol. The molecular formula is C20H26FN3O2. The fourth-order valence-electron chi connectivity index (χ4n) is 3.63. The Kier molecular flexibility index (Phi) is 5.14. The number of likely N-dealkylation sites (tertiary alicyclic amines) is 1. The summed E-state index contributed by atoms with van der Waals surface area (Å²) >= 11 is 0. The summed E-state index contributed by atoms with van der Waals surface area (Å²) in [6.07, 6.45) is 4.45. The Labute approximate surface area is 153 Å². The summed E-state index contributed by atoms with van der Waals surface area (Å²) in [6, 6.07) is 5.64. The second-order valence-corrected chi connectivity index (χ2v) is 7.39. The summed E-state index contributed by atoms with van der Waals surface area (Å²) in [7, 11) is 0. The molecule has 0 unspecified atom stereocenters. The van der Waals surface area contributed by atoms with Crippen molar-refractivity contribution in [1.29, 1.82) is 0 Å². The van der Waals surface area contributed by atoms with Gasteiger partial charge in [-0.1, -0.05) is 26.0 Å². The first kappa shape index (κ1) is 18.6. The van der Waals surface area contributed by atoms with Gasteiger partial charge in [-0.15, -0.1) is 0 Å². The van der Waals surface area contributed by atoms with Crippen LogP contribution in [0.1, 0.15) is 57.0 Å². The van der Waals surface area contributed by atoms with E-state index in [0.29, 0.717) is 31.5 Å². The zero-order valence-corrected chi connectivity index (χ0v) is 15.5. The van der Waals surface area contributed by atoms with Crippen LogP contribution in [-0.4, -0.2) is 38.6 Å². The van der Waals surface area contributed by atoms with Gasteiger partial charge in [0, 0.05) is 31.4 Å². The molecule has 0 saturated carbocycles. The summed E-state index contributed by atoms with van der Waals surface area (Å²) in [5, 5.41) is 10.9. The van der Waals surface area contributed by atoms with Crippen LogP contribution in [0.25, 0.3) is 0 Å². The number of benzene rings is 1. The number of nitrogens with zero attached hydrogens (tertiary/aromatic N) is 3. The molecule has 1 aromatic heterocycles. The third kappa shape index (κ3) is 3.51. The molecule has 2 aromatic rings. The first-order chi connectivity index (χ1) is 12.3. The molecule has 3 rings (SSSR count). The van der Waals surface area contributed by atoms with Crippen LogP contribution in [0.5, 0.6) is 0 Å². The first-order valence-corrected chi connectivity index (χ1v) is 9.12. The molecule has 140 valence electrons. The summed E-state index contributed by atoms with van der Waals surface area (Å²) in [5.74, 6) is 0.849. The quantitative estimate of drug-likeness (QED) is 0.912. The SMILES string of the molecule is CC(C)c1nccn1[C@H](C)C(=O)N1CCC(O)(c2ccc(F)cc2)CC1. The minimum Gasteiger partial charge on any atom is -0.385 e. The van der Waals surface area contributed by atoms with Gasteiger partial charge in [0.05, 0.1) is 5.60 Å². The van der Waals surface area contributed by atoms with Crippen LogP contribution < -0.4 is 0 Å².